The number of para-hydroxylation sites is 1. The molecule has 0 aliphatic carbocycles. The molecule has 0 aliphatic heterocycles. The number of ether oxygens (including phenoxy) is 1. The number of nitrogens with one attached hydrogen (secondary N) is 1. The van der Waals surface area contributed by atoms with Crippen molar-refractivity contribution in [2.45, 2.75) is 20.0 Å². The zero-order valence-electron chi connectivity index (χ0n) is 11.4. The molecule has 0 aromatic heterocycles. The highest BCUT2D eigenvalue weighted by molar-refractivity contribution is 5.95. The molecule has 1 atom stereocenters. The SMILES string of the molecule is CC(C)CNCC(O)COc1ccccc1C(N)=O. The number of rotatable bonds is 8. The molecule has 1 amide bonds. The fourth-order valence-electron chi connectivity index (χ4n) is 1.58. The van der Waals surface area contributed by atoms with E-state index in [2.05, 4.69) is 19.2 Å². The summed E-state index contributed by atoms with van der Waals surface area (Å²) in [5.74, 6) is 0.393. The van der Waals surface area contributed by atoms with Crippen molar-refractivity contribution in [1.29, 1.82) is 0 Å². The van der Waals surface area contributed by atoms with Crippen molar-refractivity contribution in [2.75, 3.05) is 19.7 Å². The molecule has 0 saturated heterocycles. The Morgan fingerprint density at radius 2 is 2.05 bits per heavy atom. The number of carbonyl (C=O) groups is 1. The van der Waals surface area contributed by atoms with Crippen molar-refractivity contribution in [2.24, 2.45) is 11.7 Å². The normalized spacial score (nSPS) is 12.4. The van der Waals surface area contributed by atoms with Crippen molar-refractivity contribution in [1.82, 2.24) is 5.32 Å². The van der Waals surface area contributed by atoms with Crippen molar-refractivity contribution >= 4 is 5.91 Å². The smallest absolute Gasteiger partial charge is 0.252 e. The van der Waals surface area contributed by atoms with Gasteiger partial charge in [-0.05, 0) is 24.6 Å². The standard InChI is InChI=1S/C14H22N2O3/c1-10(2)7-16-8-11(17)9-19-13-6-4-3-5-12(13)14(15)18/h3-6,10-11,16-17H,7-9H2,1-2H3,(H2,15,18). The van der Waals surface area contributed by atoms with Gasteiger partial charge < -0.3 is 20.9 Å². The predicted octanol–water partition coefficient (Wildman–Crippen LogP) is 0.771. The van der Waals surface area contributed by atoms with Gasteiger partial charge in [0.2, 0.25) is 0 Å². The molecule has 19 heavy (non-hydrogen) atoms. The van der Waals surface area contributed by atoms with Gasteiger partial charge in [0, 0.05) is 6.54 Å². The van der Waals surface area contributed by atoms with Crippen LogP contribution in [0.1, 0.15) is 24.2 Å². The molecule has 5 nitrogen and oxygen atoms in total. The summed E-state index contributed by atoms with van der Waals surface area (Å²) in [5.41, 5.74) is 5.56. The summed E-state index contributed by atoms with van der Waals surface area (Å²) in [6, 6.07) is 6.73. The zero-order chi connectivity index (χ0) is 14.3. The van der Waals surface area contributed by atoms with E-state index in [4.69, 9.17) is 10.5 Å². The maximum Gasteiger partial charge on any atom is 0.252 e. The minimum absolute atomic E-state index is 0.120. The van der Waals surface area contributed by atoms with E-state index in [1.165, 1.54) is 0 Å². The van der Waals surface area contributed by atoms with Crippen LogP contribution in [-0.4, -0.2) is 36.8 Å². The van der Waals surface area contributed by atoms with E-state index in [0.717, 1.165) is 6.54 Å². The summed E-state index contributed by atoms with van der Waals surface area (Å²) in [7, 11) is 0. The van der Waals surface area contributed by atoms with Crippen LogP contribution in [-0.2, 0) is 0 Å². The molecule has 0 fully saturated rings. The zero-order valence-corrected chi connectivity index (χ0v) is 11.4. The van der Waals surface area contributed by atoms with Crippen molar-refractivity contribution in [3.8, 4) is 5.75 Å². The molecular weight excluding hydrogens is 244 g/mol. The first kappa shape index (κ1) is 15.5. The highest BCUT2D eigenvalue weighted by Crippen LogP contribution is 2.17. The van der Waals surface area contributed by atoms with E-state index in [1.807, 2.05) is 0 Å². The third kappa shape index (κ3) is 5.72. The van der Waals surface area contributed by atoms with Crippen LogP contribution in [0, 0.1) is 5.92 Å². The number of amides is 1. The Hall–Kier alpha value is -1.59. The van der Waals surface area contributed by atoms with Gasteiger partial charge in [-0.2, -0.15) is 0 Å². The lowest BCUT2D eigenvalue weighted by Crippen LogP contribution is -2.33. The van der Waals surface area contributed by atoms with E-state index in [9.17, 15) is 9.90 Å². The second-order valence-electron chi connectivity index (χ2n) is 4.88. The topological polar surface area (TPSA) is 84.6 Å². The molecule has 0 bridgehead atoms. The second kappa shape index (κ2) is 7.76. The maximum atomic E-state index is 11.2. The first-order valence-corrected chi connectivity index (χ1v) is 6.41. The average molecular weight is 266 g/mol. The van der Waals surface area contributed by atoms with E-state index in [0.29, 0.717) is 23.8 Å². The molecule has 1 aromatic carbocycles. The van der Waals surface area contributed by atoms with E-state index in [-0.39, 0.29) is 6.61 Å². The molecule has 1 aromatic rings. The van der Waals surface area contributed by atoms with E-state index in [1.54, 1.807) is 24.3 Å². The lowest BCUT2D eigenvalue weighted by atomic mass is 10.2. The fourth-order valence-corrected chi connectivity index (χ4v) is 1.58. The first-order chi connectivity index (χ1) is 9.00. The van der Waals surface area contributed by atoms with E-state index < -0.39 is 12.0 Å². The van der Waals surface area contributed by atoms with Crippen LogP contribution < -0.4 is 15.8 Å². The third-order valence-electron chi connectivity index (χ3n) is 2.52. The number of aliphatic hydroxyl groups is 1. The van der Waals surface area contributed by atoms with E-state index >= 15 is 0 Å². The first-order valence-electron chi connectivity index (χ1n) is 6.41. The van der Waals surface area contributed by atoms with Crippen LogP contribution in [0.25, 0.3) is 0 Å². The summed E-state index contributed by atoms with van der Waals surface area (Å²) in [5, 5.41) is 12.9. The fraction of sp³-hybridized carbons (Fsp3) is 0.500. The number of benzene rings is 1. The van der Waals surface area contributed by atoms with Crippen LogP contribution >= 0.6 is 0 Å². The molecular formula is C14H22N2O3. The maximum absolute atomic E-state index is 11.2. The van der Waals surface area contributed by atoms with Crippen molar-refractivity contribution in [3.05, 3.63) is 29.8 Å². The summed E-state index contributed by atoms with van der Waals surface area (Å²) in [4.78, 5) is 11.2. The van der Waals surface area contributed by atoms with Gasteiger partial charge in [0.1, 0.15) is 18.5 Å². The molecule has 106 valence electrons. The summed E-state index contributed by atoms with van der Waals surface area (Å²) in [6.45, 7) is 5.61. The van der Waals surface area contributed by atoms with Gasteiger partial charge in [0.25, 0.3) is 5.91 Å². The largest absolute Gasteiger partial charge is 0.490 e. The average Bonchev–Trinajstić information content (AvgIpc) is 2.36. The van der Waals surface area contributed by atoms with Crippen LogP contribution in [0.4, 0.5) is 0 Å². The molecule has 1 rings (SSSR count). The predicted molar refractivity (Wildman–Crippen MR) is 74.2 cm³/mol. The van der Waals surface area contributed by atoms with Crippen LogP contribution in [0.5, 0.6) is 5.75 Å². The summed E-state index contributed by atoms with van der Waals surface area (Å²) < 4.78 is 5.43. The number of aliphatic hydroxyl groups excluding tert-OH is 1. The minimum Gasteiger partial charge on any atom is -0.490 e. The summed E-state index contributed by atoms with van der Waals surface area (Å²) in [6.07, 6.45) is -0.625. The molecule has 5 heteroatoms. The molecule has 0 aliphatic rings. The Kier molecular flexibility index (Phi) is 6.32. The van der Waals surface area contributed by atoms with Gasteiger partial charge in [0.15, 0.2) is 0 Å². The Morgan fingerprint density at radius 3 is 2.68 bits per heavy atom. The Bertz CT molecular complexity index is 407. The van der Waals surface area contributed by atoms with Gasteiger partial charge in [0.05, 0.1) is 5.56 Å². The highest BCUT2D eigenvalue weighted by atomic mass is 16.5. The van der Waals surface area contributed by atoms with Gasteiger partial charge in [-0.1, -0.05) is 26.0 Å². The Balaban J connectivity index is 2.42. The number of hydrogen-bond acceptors (Lipinski definition) is 4. The molecule has 1 unspecified atom stereocenters. The molecule has 0 heterocycles. The number of hydrogen-bond donors (Lipinski definition) is 3. The Labute approximate surface area is 113 Å². The van der Waals surface area contributed by atoms with Crippen LogP contribution in [0.3, 0.4) is 0 Å². The van der Waals surface area contributed by atoms with Gasteiger partial charge >= 0.3 is 0 Å². The number of carbonyl (C=O) groups excluding carboxylic acids is 1. The van der Waals surface area contributed by atoms with Gasteiger partial charge in [-0.15, -0.1) is 0 Å². The minimum atomic E-state index is -0.625. The molecule has 4 N–H and O–H groups in total. The van der Waals surface area contributed by atoms with Crippen LogP contribution in [0.2, 0.25) is 0 Å². The number of nitrogens with two attached hydrogens (primary N) is 1. The Morgan fingerprint density at radius 1 is 1.37 bits per heavy atom. The monoisotopic (exact) mass is 266 g/mol. The lowest BCUT2D eigenvalue weighted by molar-refractivity contribution is 0.0962. The molecule has 0 spiro atoms. The van der Waals surface area contributed by atoms with Crippen LogP contribution in [0.15, 0.2) is 24.3 Å². The lowest BCUT2D eigenvalue weighted by Gasteiger charge is -2.15. The third-order valence-corrected chi connectivity index (χ3v) is 2.52. The summed E-state index contributed by atoms with van der Waals surface area (Å²) >= 11 is 0. The molecule has 0 radical (unpaired) electrons. The van der Waals surface area contributed by atoms with Crippen molar-refractivity contribution < 1.29 is 14.6 Å². The van der Waals surface area contributed by atoms with Gasteiger partial charge in [-0.3, -0.25) is 4.79 Å². The van der Waals surface area contributed by atoms with Gasteiger partial charge in [-0.25, -0.2) is 0 Å². The van der Waals surface area contributed by atoms with Crippen molar-refractivity contribution in [3.63, 3.8) is 0 Å². The number of primary amides is 1. The highest BCUT2D eigenvalue weighted by Gasteiger charge is 2.10. The molecule has 0 saturated carbocycles. The quantitative estimate of drug-likeness (QED) is 0.649. The second-order valence-corrected chi connectivity index (χ2v) is 4.88.